The van der Waals surface area contributed by atoms with Gasteiger partial charge in [0.1, 0.15) is 17.4 Å². The van der Waals surface area contributed by atoms with Crippen LogP contribution in [0.4, 0.5) is 9.18 Å². The van der Waals surface area contributed by atoms with Gasteiger partial charge in [0.05, 0.1) is 19.8 Å². The Morgan fingerprint density at radius 1 is 1.18 bits per heavy atom. The minimum absolute atomic E-state index is 0.00949. The molecule has 1 N–H and O–H groups in total. The largest absolute Gasteiger partial charge is 0.450 e. The first-order valence-electron chi connectivity index (χ1n) is 11.9. The molecule has 1 atom stereocenters. The molecule has 1 aliphatic carbocycles. The van der Waals surface area contributed by atoms with Gasteiger partial charge in [-0.15, -0.1) is 0 Å². The normalized spacial score (nSPS) is 18.0. The molecule has 1 saturated carbocycles. The summed E-state index contributed by atoms with van der Waals surface area (Å²) in [6.45, 7) is 2.04. The molecule has 34 heavy (non-hydrogen) atoms. The van der Waals surface area contributed by atoms with Gasteiger partial charge >= 0.3 is 6.09 Å². The lowest BCUT2D eigenvalue weighted by Gasteiger charge is -2.35. The number of rotatable bonds is 8. The predicted octanol–water partition coefficient (Wildman–Crippen LogP) is 3.46. The number of amides is 2. The fourth-order valence-electron chi connectivity index (χ4n) is 4.52. The van der Waals surface area contributed by atoms with Crippen molar-refractivity contribution in [1.29, 1.82) is 0 Å². The summed E-state index contributed by atoms with van der Waals surface area (Å²) in [6.07, 6.45) is 4.67. The minimum Gasteiger partial charge on any atom is -0.450 e. The van der Waals surface area contributed by atoms with Crippen LogP contribution in [0.1, 0.15) is 55.6 Å². The molecule has 0 radical (unpaired) electrons. The molecule has 2 amide bonds. The maximum Gasteiger partial charge on any atom is 0.407 e. The topological polar surface area (TPSA) is 111 Å². The fourth-order valence-corrected chi connectivity index (χ4v) is 4.52. The van der Waals surface area contributed by atoms with Crippen molar-refractivity contribution in [1.82, 2.24) is 15.2 Å². The van der Waals surface area contributed by atoms with Gasteiger partial charge in [0, 0.05) is 25.6 Å². The molecular formula is C24H30FN3O6. The van der Waals surface area contributed by atoms with Gasteiger partial charge in [-0.3, -0.25) is 9.59 Å². The van der Waals surface area contributed by atoms with E-state index in [0.717, 1.165) is 32.1 Å². The van der Waals surface area contributed by atoms with Crippen molar-refractivity contribution < 1.29 is 32.7 Å². The molecule has 2 fully saturated rings. The number of halogens is 1. The number of hydrogen-bond donors (Lipinski definition) is 1. The van der Waals surface area contributed by atoms with E-state index in [9.17, 15) is 18.8 Å². The van der Waals surface area contributed by atoms with Gasteiger partial charge < -0.3 is 24.1 Å². The average molecular weight is 476 g/mol. The van der Waals surface area contributed by atoms with Crippen molar-refractivity contribution in [3.63, 3.8) is 0 Å². The molecular weight excluding hydrogens is 445 g/mol. The summed E-state index contributed by atoms with van der Waals surface area (Å²) in [5.74, 6) is -0.931. The smallest absolute Gasteiger partial charge is 0.407 e. The highest BCUT2D eigenvalue weighted by atomic mass is 19.1. The van der Waals surface area contributed by atoms with Crippen LogP contribution in [0.3, 0.4) is 0 Å². The zero-order valence-corrected chi connectivity index (χ0v) is 19.1. The van der Waals surface area contributed by atoms with Crippen LogP contribution < -0.4 is 5.32 Å². The Bertz CT molecular complexity index is 1010. The summed E-state index contributed by atoms with van der Waals surface area (Å²) in [5, 5.41) is 2.78. The van der Waals surface area contributed by atoms with Crippen molar-refractivity contribution in [2.75, 3.05) is 32.9 Å². The van der Waals surface area contributed by atoms with E-state index in [1.807, 2.05) is 0 Å². The van der Waals surface area contributed by atoms with Gasteiger partial charge in [-0.2, -0.15) is 0 Å². The van der Waals surface area contributed by atoms with E-state index in [0.29, 0.717) is 31.8 Å². The quantitative estimate of drug-likeness (QED) is 0.460. The Labute approximate surface area is 197 Å². The first-order chi connectivity index (χ1) is 16.5. The molecule has 10 heteroatoms. The summed E-state index contributed by atoms with van der Waals surface area (Å²) in [6, 6.07) is 3.25. The summed E-state index contributed by atoms with van der Waals surface area (Å²) in [4.78, 5) is 43.7. The maximum absolute atomic E-state index is 13.3. The lowest BCUT2D eigenvalue weighted by molar-refractivity contribution is -0.139. The number of hydrogen-bond acceptors (Lipinski definition) is 7. The maximum atomic E-state index is 13.3. The number of alkyl carbamates (subject to hydrolysis) is 1. The third-order valence-corrected chi connectivity index (χ3v) is 6.35. The van der Waals surface area contributed by atoms with Gasteiger partial charge in [0.15, 0.2) is 5.58 Å². The number of benzene rings is 1. The molecule has 0 bridgehead atoms. The molecule has 2 heterocycles. The number of aromatic nitrogens is 1. The predicted molar refractivity (Wildman–Crippen MR) is 120 cm³/mol. The monoisotopic (exact) mass is 475 g/mol. The Morgan fingerprint density at radius 2 is 1.94 bits per heavy atom. The highest BCUT2D eigenvalue weighted by Crippen LogP contribution is 2.28. The van der Waals surface area contributed by atoms with E-state index in [2.05, 4.69) is 10.3 Å². The molecule has 1 aromatic heterocycles. The van der Waals surface area contributed by atoms with Gasteiger partial charge in [0.2, 0.25) is 11.7 Å². The molecule has 9 nitrogen and oxygen atoms in total. The Balaban J connectivity index is 1.26. The second-order valence-electron chi connectivity index (χ2n) is 8.75. The number of nitrogens with zero attached hydrogens (tertiary/aromatic N) is 2. The minimum atomic E-state index is -0.665. The third-order valence-electron chi connectivity index (χ3n) is 6.35. The van der Waals surface area contributed by atoms with Crippen LogP contribution in [0.25, 0.3) is 11.1 Å². The van der Waals surface area contributed by atoms with E-state index in [1.54, 1.807) is 4.90 Å². The van der Waals surface area contributed by atoms with Crippen molar-refractivity contribution in [3.8, 4) is 0 Å². The molecule has 0 unspecified atom stereocenters. The van der Waals surface area contributed by atoms with Crippen LogP contribution in [0.5, 0.6) is 0 Å². The van der Waals surface area contributed by atoms with E-state index in [4.69, 9.17) is 13.9 Å². The number of oxazole rings is 1. The zero-order valence-electron chi connectivity index (χ0n) is 19.1. The highest BCUT2D eigenvalue weighted by Gasteiger charge is 2.34. The number of carbonyl (C=O) groups excluding carboxylic acids is 3. The Kier molecular flexibility index (Phi) is 8.10. The lowest BCUT2D eigenvalue weighted by atomic mass is 9.83. The van der Waals surface area contributed by atoms with Crippen LogP contribution in [0.15, 0.2) is 22.6 Å². The molecule has 1 aliphatic heterocycles. The molecule has 1 saturated heterocycles. The number of ketones is 1. The fraction of sp³-hybridized carbons (Fsp3) is 0.583. The summed E-state index contributed by atoms with van der Waals surface area (Å²) >= 11 is 0. The van der Waals surface area contributed by atoms with Crippen molar-refractivity contribution in [3.05, 3.63) is 29.9 Å². The number of morpholine rings is 1. The van der Waals surface area contributed by atoms with E-state index >= 15 is 0 Å². The standard InChI is InChI=1S/C24H30FN3O6/c25-17-8-9-18-20(15-17)34-22(26-18)19(29)7-4-12-33-24(31)27-21(16-5-2-1-3-6-16)23(30)28-10-13-32-14-11-28/h8-9,15-16,21H,1-7,10-14H2,(H,27,31)/t21-/m0/s1. The molecule has 4 rings (SSSR count). The average Bonchev–Trinajstić information content (AvgIpc) is 3.29. The first kappa shape index (κ1) is 24.1. The summed E-state index contributed by atoms with van der Waals surface area (Å²) in [5.41, 5.74) is 0.608. The lowest BCUT2D eigenvalue weighted by Crippen LogP contribution is -2.55. The number of Topliss-reactive ketones (excluding diaryl/α,β-unsaturated/α-hetero) is 1. The van der Waals surface area contributed by atoms with E-state index in [1.165, 1.54) is 18.2 Å². The van der Waals surface area contributed by atoms with Crippen LogP contribution >= 0.6 is 0 Å². The summed E-state index contributed by atoms with van der Waals surface area (Å²) in [7, 11) is 0. The van der Waals surface area contributed by atoms with E-state index < -0.39 is 18.0 Å². The molecule has 0 spiro atoms. The third kappa shape index (κ3) is 6.11. The van der Waals surface area contributed by atoms with Crippen LogP contribution in [-0.4, -0.2) is 66.6 Å². The zero-order chi connectivity index (χ0) is 23.9. The Hall–Kier alpha value is -3.01. The second kappa shape index (κ2) is 11.4. The van der Waals surface area contributed by atoms with Crippen molar-refractivity contribution >= 4 is 28.9 Å². The molecule has 2 aromatic rings. The molecule has 2 aliphatic rings. The van der Waals surface area contributed by atoms with Gasteiger partial charge in [0.25, 0.3) is 5.89 Å². The van der Waals surface area contributed by atoms with Gasteiger partial charge in [-0.1, -0.05) is 19.3 Å². The number of fused-ring (bicyclic) bond motifs is 1. The number of nitrogens with one attached hydrogen (secondary N) is 1. The summed E-state index contributed by atoms with van der Waals surface area (Å²) < 4.78 is 29.2. The highest BCUT2D eigenvalue weighted by molar-refractivity contribution is 5.94. The Morgan fingerprint density at radius 3 is 2.71 bits per heavy atom. The SMILES string of the molecule is O=C(N[C@H](C(=O)N1CCOCC1)C1CCCCC1)OCCCC(=O)c1nc2ccc(F)cc2o1. The molecule has 184 valence electrons. The van der Waals surface area contributed by atoms with Gasteiger partial charge in [-0.25, -0.2) is 14.2 Å². The van der Waals surface area contributed by atoms with E-state index in [-0.39, 0.29) is 48.5 Å². The van der Waals surface area contributed by atoms with Crippen LogP contribution in [0, 0.1) is 11.7 Å². The van der Waals surface area contributed by atoms with Gasteiger partial charge in [-0.05, 0) is 37.3 Å². The molecule has 1 aromatic carbocycles. The van der Waals surface area contributed by atoms with Crippen molar-refractivity contribution in [2.45, 2.75) is 51.0 Å². The first-order valence-corrected chi connectivity index (χ1v) is 11.9. The second-order valence-corrected chi connectivity index (χ2v) is 8.75. The number of ether oxygens (including phenoxy) is 2. The van der Waals surface area contributed by atoms with Crippen LogP contribution in [-0.2, 0) is 14.3 Å². The van der Waals surface area contributed by atoms with Crippen molar-refractivity contribution in [2.24, 2.45) is 5.92 Å². The number of carbonyl (C=O) groups is 3. The van der Waals surface area contributed by atoms with Crippen LogP contribution in [0.2, 0.25) is 0 Å².